The summed E-state index contributed by atoms with van der Waals surface area (Å²) >= 11 is 0. The van der Waals surface area contributed by atoms with Crippen LogP contribution in [0.1, 0.15) is 11.1 Å². The van der Waals surface area contributed by atoms with Gasteiger partial charge in [-0.1, -0.05) is 36.4 Å². The quantitative estimate of drug-likeness (QED) is 0.838. The Balaban J connectivity index is 1.83. The SMILES string of the molecule is COc1ccc(CNC(=O)[C@@H](N)Cc2ccccc2)cn1. The Morgan fingerprint density at radius 3 is 2.62 bits per heavy atom. The molecule has 1 aromatic heterocycles. The van der Waals surface area contributed by atoms with Crippen LogP contribution in [0.15, 0.2) is 48.7 Å². The summed E-state index contributed by atoms with van der Waals surface area (Å²) < 4.78 is 4.98. The van der Waals surface area contributed by atoms with E-state index in [1.807, 2.05) is 36.4 Å². The van der Waals surface area contributed by atoms with E-state index in [4.69, 9.17) is 10.5 Å². The van der Waals surface area contributed by atoms with E-state index >= 15 is 0 Å². The number of nitrogens with two attached hydrogens (primary N) is 1. The van der Waals surface area contributed by atoms with Gasteiger partial charge in [0.25, 0.3) is 0 Å². The standard InChI is InChI=1S/C16H19N3O2/c1-21-15-8-7-13(10-18-15)11-19-16(20)14(17)9-12-5-3-2-4-6-12/h2-8,10,14H,9,11,17H2,1H3,(H,19,20)/t14-/m0/s1. The van der Waals surface area contributed by atoms with Gasteiger partial charge in [-0.15, -0.1) is 0 Å². The number of carbonyl (C=O) groups excluding carboxylic acids is 1. The number of amides is 1. The summed E-state index contributed by atoms with van der Waals surface area (Å²) in [7, 11) is 1.56. The van der Waals surface area contributed by atoms with Gasteiger partial charge < -0.3 is 15.8 Å². The summed E-state index contributed by atoms with van der Waals surface area (Å²) in [5.74, 6) is 0.375. The Morgan fingerprint density at radius 1 is 1.24 bits per heavy atom. The molecule has 5 heteroatoms. The number of ether oxygens (including phenoxy) is 1. The lowest BCUT2D eigenvalue weighted by Crippen LogP contribution is -2.41. The molecule has 0 unspecified atom stereocenters. The summed E-state index contributed by atoms with van der Waals surface area (Å²) in [4.78, 5) is 16.0. The van der Waals surface area contributed by atoms with Gasteiger partial charge in [-0.3, -0.25) is 4.79 Å². The van der Waals surface area contributed by atoms with Crippen molar-refractivity contribution < 1.29 is 9.53 Å². The highest BCUT2D eigenvalue weighted by Gasteiger charge is 2.13. The lowest BCUT2D eigenvalue weighted by Gasteiger charge is -2.12. The van der Waals surface area contributed by atoms with E-state index in [0.717, 1.165) is 11.1 Å². The first-order valence-corrected chi connectivity index (χ1v) is 6.75. The molecule has 110 valence electrons. The van der Waals surface area contributed by atoms with Gasteiger partial charge in [0.1, 0.15) is 0 Å². The van der Waals surface area contributed by atoms with Gasteiger partial charge >= 0.3 is 0 Å². The molecule has 5 nitrogen and oxygen atoms in total. The second kappa shape index (κ2) is 7.40. The molecule has 0 saturated carbocycles. The fourth-order valence-corrected chi connectivity index (χ4v) is 1.92. The molecule has 0 fully saturated rings. The average Bonchev–Trinajstić information content (AvgIpc) is 2.54. The Kier molecular flexibility index (Phi) is 5.29. The van der Waals surface area contributed by atoms with Crippen LogP contribution in [0.2, 0.25) is 0 Å². The molecule has 2 rings (SSSR count). The molecule has 1 amide bonds. The lowest BCUT2D eigenvalue weighted by molar-refractivity contribution is -0.122. The minimum Gasteiger partial charge on any atom is -0.481 e. The number of benzene rings is 1. The fourth-order valence-electron chi connectivity index (χ4n) is 1.92. The second-order valence-corrected chi connectivity index (χ2v) is 4.72. The van der Waals surface area contributed by atoms with Crippen LogP contribution in [0.5, 0.6) is 5.88 Å². The van der Waals surface area contributed by atoms with E-state index in [1.54, 1.807) is 19.4 Å². The van der Waals surface area contributed by atoms with E-state index in [1.165, 1.54) is 0 Å². The molecule has 0 radical (unpaired) electrons. The van der Waals surface area contributed by atoms with Crippen molar-refractivity contribution in [3.63, 3.8) is 0 Å². The minimum atomic E-state index is -0.557. The van der Waals surface area contributed by atoms with Gasteiger partial charge in [-0.05, 0) is 17.5 Å². The van der Waals surface area contributed by atoms with Crippen molar-refractivity contribution in [1.82, 2.24) is 10.3 Å². The maximum atomic E-state index is 12.0. The molecule has 21 heavy (non-hydrogen) atoms. The van der Waals surface area contributed by atoms with E-state index in [9.17, 15) is 4.79 Å². The molecule has 1 heterocycles. The Bertz CT molecular complexity index is 570. The highest BCUT2D eigenvalue weighted by Crippen LogP contribution is 2.06. The largest absolute Gasteiger partial charge is 0.481 e. The van der Waals surface area contributed by atoms with Crippen molar-refractivity contribution in [2.75, 3.05) is 7.11 Å². The molecule has 1 aromatic carbocycles. The van der Waals surface area contributed by atoms with Gasteiger partial charge in [-0.25, -0.2) is 4.98 Å². The first-order valence-electron chi connectivity index (χ1n) is 6.75. The predicted molar refractivity (Wildman–Crippen MR) is 80.8 cm³/mol. The third kappa shape index (κ3) is 4.57. The number of nitrogens with zero attached hydrogens (tertiary/aromatic N) is 1. The number of nitrogens with one attached hydrogen (secondary N) is 1. The highest BCUT2D eigenvalue weighted by atomic mass is 16.5. The molecule has 0 aliphatic rings. The molecular weight excluding hydrogens is 266 g/mol. The zero-order valence-electron chi connectivity index (χ0n) is 12.0. The first-order chi connectivity index (χ1) is 10.2. The fraction of sp³-hybridized carbons (Fsp3) is 0.250. The number of hydrogen-bond donors (Lipinski definition) is 2. The van der Waals surface area contributed by atoms with Crippen molar-refractivity contribution in [3.05, 3.63) is 59.8 Å². The summed E-state index contributed by atoms with van der Waals surface area (Å²) in [6.07, 6.45) is 2.19. The molecule has 1 atom stereocenters. The van der Waals surface area contributed by atoms with Crippen LogP contribution in [0.25, 0.3) is 0 Å². The number of rotatable bonds is 6. The van der Waals surface area contributed by atoms with E-state index in [0.29, 0.717) is 18.8 Å². The van der Waals surface area contributed by atoms with Crippen molar-refractivity contribution >= 4 is 5.91 Å². The molecule has 2 aromatic rings. The molecule has 0 saturated heterocycles. The molecular formula is C16H19N3O2. The molecule has 0 aliphatic heterocycles. The average molecular weight is 285 g/mol. The molecule has 3 N–H and O–H groups in total. The number of carbonyl (C=O) groups is 1. The zero-order valence-corrected chi connectivity index (χ0v) is 12.0. The maximum absolute atomic E-state index is 12.0. The second-order valence-electron chi connectivity index (χ2n) is 4.72. The van der Waals surface area contributed by atoms with E-state index in [2.05, 4.69) is 10.3 Å². The zero-order chi connectivity index (χ0) is 15.1. The summed E-state index contributed by atoms with van der Waals surface area (Å²) in [5, 5.41) is 2.81. The van der Waals surface area contributed by atoms with Crippen molar-refractivity contribution in [2.24, 2.45) is 5.73 Å². The highest BCUT2D eigenvalue weighted by molar-refractivity contribution is 5.81. The Morgan fingerprint density at radius 2 is 2.00 bits per heavy atom. The van der Waals surface area contributed by atoms with E-state index in [-0.39, 0.29) is 5.91 Å². The lowest BCUT2D eigenvalue weighted by atomic mass is 10.1. The molecule has 0 aliphatic carbocycles. The molecule has 0 bridgehead atoms. The number of pyridine rings is 1. The Hall–Kier alpha value is -2.40. The number of aromatic nitrogens is 1. The van der Waals surface area contributed by atoms with Crippen molar-refractivity contribution in [2.45, 2.75) is 19.0 Å². The Labute approximate surface area is 124 Å². The number of hydrogen-bond acceptors (Lipinski definition) is 4. The van der Waals surface area contributed by atoms with Crippen LogP contribution >= 0.6 is 0 Å². The normalized spacial score (nSPS) is 11.7. The minimum absolute atomic E-state index is 0.172. The monoisotopic (exact) mass is 285 g/mol. The third-order valence-electron chi connectivity index (χ3n) is 3.11. The van der Waals surface area contributed by atoms with Gasteiger partial charge in [0, 0.05) is 18.8 Å². The number of methoxy groups -OCH3 is 1. The van der Waals surface area contributed by atoms with Crippen LogP contribution in [-0.4, -0.2) is 24.0 Å². The van der Waals surface area contributed by atoms with Crippen molar-refractivity contribution in [3.8, 4) is 5.88 Å². The summed E-state index contributed by atoms with van der Waals surface area (Å²) in [6.45, 7) is 0.401. The third-order valence-corrected chi connectivity index (χ3v) is 3.11. The van der Waals surface area contributed by atoms with Crippen LogP contribution in [0.3, 0.4) is 0 Å². The van der Waals surface area contributed by atoms with Gasteiger partial charge in [0.05, 0.1) is 13.2 Å². The summed E-state index contributed by atoms with van der Waals surface area (Å²) in [5.41, 5.74) is 7.86. The molecule has 0 spiro atoms. The smallest absolute Gasteiger partial charge is 0.237 e. The topological polar surface area (TPSA) is 77.2 Å². The maximum Gasteiger partial charge on any atom is 0.237 e. The van der Waals surface area contributed by atoms with Crippen LogP contribution in [-0.2, 0) is 17.8 Å². The van der Waals surface area contributed by atoms with Gasteiger partial charge in [0.15, 0.2) is 0 Å². The summed E-state index contributed by atoms with van der Waals surface area (Å²) in [6, 6.07) is 12.8. The van der Waals surface area contributed by atoms with E-state index < -0.39 is 6.04 Å². The van der Waals surface area contributed by atoms with Gasteiger partial charge in [-0.2, -0.15) is 0 Å². The predicted octanol–water partition coefficient (Wildman–Crippen LogP) is 1.28. The van der Waals surface area contributed by atoms with Crippen LogP contribution in [0, 0.1) is 0 Å². The van der Waals surface area contributed by atoms with Gasteiger partial charge in [0.2, 0.25) is 11.8 Å². The van der Waals surface area contributed by atoms with Crippen LogP contribution < -0.4 is 15.8 Å². The van der Waals surface area contributed by atoms with Crippen molar-refractivity contribution in [1.29, 1.82) is 0 Å². The van der Waals surface area contributed by atoms with Crippen LogP contribution in [0.4, 0.5) is 0 Å². The first kappa shape index (κ1) is 15.0.